The number of hydrogen-bond donors (Lipinski definition) is 0. The van der Waals surface area contributed by atoms with E-state index < -0.39 is 6.36 Å². The van der Waals surface area contributed by atoms with E-state index in [1.807, 2.05) is 6.07 Å². The molecule has 0 aromatic heterocycles. The maximum atomic E-state index is 12.0. The Morgan fingerprint density at radius 3 is 2.05 bits per heavy atom. The SMILES string of the molecule is FC(F)(F)Oc1ccc(-c2ccc(CCl)c(Cl)c2)cc1. The second-order valence-corrected chi connectivity index (χ2v) is 4.69. The topological polar surface area (TPSA) is 9.23 Å². The summed E-state index contributed by atoms with van der Waals surface area (Å²) in [6.07, 6.45) is -4.69. The summed E-state index contributed by atoms with van der Waals surface area (Å²) in [6.45, 7) is 0. The largest absolute Gasteiger partial charge is 0.573 e. The normalized spacial score (nSPS) is 11.4. The number of ether oxygens (including phenoxy) is 1. The van der Waals surface area contributed by atoms with Crippen LogP contribution < -0.4 is 4.74 Å². The maximum absolute atomic E-state index is 12.0. The minimum absolute atomic E-state index is 0.260. The van der Waals surface area contributed by atoms with Gasteiger partial charge in [0.1, 0.15) is 5.75 Å². The second kappa shape index (κ2) is 5.94. The summed E-state index contributed by atoms with van der Waals surface area (Å²) in [5, 5.41) is 0.521. The van der Waals surface area contributed by atoms with Crippen molar-refractivity contribution in [1.29, 1.82) is 0 Å². The summed E-state index contributed by atoms with van der Waals surface area (Å²) >= 11 is 11.7. The van der Waals surface area contributed by atoms with Crippen LogP contribution in [-0.4, -0.2) is 6.36 Å². The quantitative estimate of drug-likeness (QED) is 0.664. The zero-order valence-corrected chi connectivity index (χ0v) is 11.6. The van der Waals surface area contributed by atoms with Gasteiger partial charge in [0.25, 0.3) is 0 Å². The van der Waals surface area contributed by atoms with Gasteiger partial charge in [0.15, 0.2) is 0 Å². The molecule has 20 heavy (non-hydrogen) atoms. The van der Waals surface area contributed by atoms with Crippen LogP contribution in [0, 0.1) is 0 Å². The van der Waals surface area contributed by atoms with E-state index in [0.717, 1.165) is 16.7 Å². The van der Waals surface area contributed by atoms with Crippen molar-refractivity contribution in [2.45, 2.75) is 12.2 Å². The van der Waals surface area contributed by atoms with Crippen LogP contribution in [0.4, 0.5) is 13.2 Å². The van der Waals surface area contributed by atoms with Crippen molar-refractivity contribution in [2.24, 2.45) is 0 Å². The van der Waals surface area contributed by atoms with Gasteiger partial charge < -0.3 is 4.74 Å². The van der Waals surface area contributed by atoms with E-state index in [4.69, 9.17) is 23.2 Å². The predicted molar refractivity (Wildman–Crippen MR) is 73.1 cm³/mol. The van der Waals surface area contributed by atoms with Crippen LogP contribution >= 0.6 is 23.2 Å². The van der Waals surface area contributed by atoms with Crippen molar-refractivity contribution in [1.82, 2.24) is 0 Å². The van der Waals surface area contributed by atoms with Crippen molar-refractivity contribution in [3.63, 3.8) is 0 Å². The molecule has 0 amide bonds. The Kier molecular flexibility index (Phi) is 4.45. The lowest BCUT2D eigenvalue weighted by atomic mass is 10.0. The van der Waals surface area contributed by atoms with Gasteiger partial charge in [-0.1, -0.05) is 35.9 Å². The smallest absolute Gasteiger partial charge is 0.406 e. The minimum Gasteiger partial charge on any atom is -0.406 e. The summed E-state index contributed by atoms with van der Waals surface area (Å²) in [4.78, 5) is 0. The van der Waals surface area contributed by atoms with Gasteiger partial charge in [-0.15, -0.1) is 24.8 Å². The molecule has 0 radical (unpaired) electrons. The molecule has 6 heteroatoms. The molecule has 2 aromatic carbocycles. The number of halogens is 5. The molecular formula is C14H9Cl2F3O. The maximum Gasteiger partial charge on any atom is 0.573 e. The van der Waals surface area contributed by atoms with Gasteiger partial charge in [-0.25, -0.2) is 0 Å². The Balaban J connectivity index is 2.24. The molecular weight excluding hydrogens is 312 g/mol. The Bertz CT molecular complexity index is 594. The molecule has 0 aliphatic rings. The fraction of sp³-hybridized carbons (Fsp3) is 0.143. The highest BCUT2D eigenvalue weighted by Crippen LogP contribution is 2.29. The standard InChI is InChI=1S/C14H9Cl2F3O/c15-8-11-2-1-10(7-13(11)16)9-3-5-12(6-4-9)20-14(17,18)19/h1-7H,8H2. The molecule has 0 saturated carbocycles. The summed E-state index contributed by atoms with van der Waals surface area (Å²) in [5.74, 6) is 0.0435. The lowest BCUT2D eigenvalue weighted by molar-refractivity contribution is -0.274. The first-order valence-corrected chi connectivity index (χ1v) is 6.51. The summed E-state index contributed by atoms with van der Waals surface area (Å²) < 4.78 is 40.0. The van der Waals surface area contributed by atoms with Crippen molar-refractivity contribution in [3.8, 4) is 16.9 Å². The molecule has 0 bridgehead atoms. The Hall–Kier alpha value is -1.39. The molecule has 2 rings (SSSR count). The molecule has 0 unspecified atom stereocenters. The lowest BCUT2D eigenvalue weighted by Crippen LogP contribution is -2.16. The third-order valence-electron chi connectivity index (χ3n) is 2.62. The first-order valence-electron chi connectivity index (χ1n) is 5.59. The van der Waals surface area contributed by atoms with E-state index in [2.05, 4.69) is 4.74 Å². The molecule has 0 saturated heterocycles. The molecule has 106 valence electrons. The highest BCUT2D eigenvalue weighted by molar-refractivity contribution is 6.32. The number of benzene rings is 2. The third-order valence-corrected chi connectivity index (χ3v) is 3.26. The molecule has 1 nitrogen and oxygen atoms in total. The summed E-state index contributed by atoms with van der Waals surface area (Å²) in [7, 11) is 0. The van der Waals surface area contributed by atoms with Gasteiger partial charge in [0.2, 0.25) is 0 Å². The third kappa shape index (κ3) is 3.81. The average Bonchev–Trinajstić information content (AvgIpc) is 2.37. The molecule has 0 aliphatic heterocycles. The molecule has 0 aliphatic carbocycles. The van der Waals surface area contributed by atoms with Gasteiger partial charge in [0.05, 0.1) is 0 Å². The number of rotatable bonds is 3. The van der Waals surface area contributed by atoms with Crippen LogP contribution in [0.1, 0.15) is 5.56 Å². The minimum atomic E-state index is -4.69. The molecule has 0 atom stereocenters. The van der Waals surface area contributed by atoms with E-state index in [0.29, 0.717) is 10.9 Å². The Labute approximate surface area is 123 Å². The van der Waals surface area contributed by atoms with Gasteiger partial charge in [0, 0.05) is 10.9 Å². The zero-order chi connectivity index (χ0) is 14.8. The van der Waals surface area contributed by atoms with Gasteiger partial charge in [-0.2, -0.15) is 0 Å². The summed E-state index contributed by atoms with van der Waals surface area (Å²) in [6, 6.07) is 10.9. The van der Waals surface area contributed by atoms with E-state index in [1.165, 1.54) is 24.3 Å². The van der Waals surface area contributed by atoms with Crippen LogP contribution in [0.5, 0.6) is 5.75 Å². The van der Waals surface area contributed by atoms with E-state index in [9.17, 15) is 13.2 Å². The fourth-order valence-electron chi connectivity index (χ4n) is 1.68. The van der Waals surface area contributed by atoms with Crippen LogP contribution in [0.3, 0.4) is 0 Å². The molecule has 0 heterocycles. The average molecular weight is 321 g/mol. The first-order chi connectivity index (χ1) is 9.39. The summed E-state index contributed by atoms with van der Waals surface area (Å²) in [5.41, 5.74) is 2.33. The highest BCUT2D eigenvalue weighted by atomic mass is 35.5. The molecule has 0 N–H and O–H groups in total. The van der Waals surface area contributed by atoms with Crippen LogP contribution in [-0.2, 0) is 5.88 Å². The van der Waals surface area contributed by atoms with Crippen LogP contribution in [0.25, 0.3) is 11.1 Å². The van der Waals surface area contributed by atoms with Gasteiger partial charge in [-0.05, 0) is 34.9 Å². The first kappa shape index (κ1) is 15.0. The van der Waals surface area contributed by atoms with Crippen LogP contribution in [0.2, 0.25) is 5.02 Å². The lowest BCUT2D eigenvalue weighted by Gasteiger charge is -2.10. The highest BCUT2D eigenvalue weighted by Gasteiger charge is 2.30. The fourth-order valence-corrected chi connectivity index (χ4v) is 2.23. The Morgan fingerprint density at radius 2 is 1.55 bits per heavy atom. The van der Waals surface area contributed by atoms with Crippen LogP contribution in [0.15, 0.2) is 42.5 Å². The molecule has 0 fully saturated rings. The number of alkyl halides is 4. The van der Waals surface area contributed by atoms with Crippen molar-refractivity contribution < 1.29 is 17.9 Å². The Morgan fingerprint density at radius 1 is 0.950 bits per heavy atom. The molecule has 2 aromatic rings. The monoisotopic (exact) mass is 320 g/mol. The zero-order valence-electron chi connectivity index (χ0n) is 10.0. The van der Waals surface area contributed by atoms with Gasteiger partial charge >= 0.3 is 6.36 Å². The van der Waals surface area contributed by atoms with Crippen molar-refractivity contribution in [2.75, 3.05) is 0 Å². The van der Waals surface area contributed by atoms with Crippen molar-refractivity contribution >= 4 is 23.2 Å². The van der Waals surface area contributed by atoms with E-state index in [1.54, 1.807) is 12.1 Å². The molecule has 0 spiro atoms. The number of hydrogen-bond acceptors (Lipinski definition) is 1. The van der Waals surface area contributed by atoms with E-state index in [-0.39, 0.29) is 5.75 Å². The second-order valence-electron chi connectivity index (χ2n) is 4.01. The van der Waals surface area contributed by atoms with E-state index >= 15 is 0 Å². The van der Waals surface area contributed by atoms with Crippen molar-refractivity contribution in [3.05, 3.63) is 53.1 Å². The predicted octanol–water partition coefficient (Wildman–Crippen LogP) is 5.64. The van der Waals surface area contributed by atoms with Gasteiger partial charge in [-0.3, -0.25) is 0 Å².